The molecule has 1 amide bonds. The van der Waals surface area contributed by atoms with Crippen LogP contribution in [-0.2, 0) is 6.42 Å². The number of halogens is 1. The van der Waals surface area contributed by atoms with Crippen LogP contribution >= 0.6 is 0 Å². The first-order valence-electron chi connectivity index (χ1n) is 7.83. The number of methoxy groups -OCH3 is 1. The van der Waals surface area contributed by atoms with Crippen LogP contribution in [0.3, 0.4) is 0 Å². The van der Waals surface area contributed by atoms with Gasteiger partial charge < -0.3 is 9.64 Å². The zero-order valence-corrected chi connectivity index (χ0v) is 13.1. The van der Waals surface area contributed by atoms with E-state index < -0.39 is 0 Å². The van der Waals surface area contributed by atoms with Crippen molar-refractivity contribution in [2.45, 2.75) is 31.7 Å². The molecule has 0 radical (unpaired) electrons. The van der Waals surface area contributed by atoms with Gasteiger partial charge in [-0.05, 0) is 37.3 Å². The molecule has 0 spiro atoms. The van der Waals surface area contributed by atoms with Crippen LogP contribution in [0.25, 0.3) is 0 Å². The second-order valence-corrected chi connectivity index (χ2v) is 5.77. The Hall–Kier alpha value is -2.37. The summed E-state index contributed by atoms with van der Waals surface area (Å²) >= 11 is 0. The van der Waals surface area contributed by atoms with Crippen molar-refractivity contribution >= 4 is 5.91 Å². The van der Waals surface area contributed by atoms with Crippen molar-refractivity contribution in [2.24, 2.45) is 0 Å². The second kappa shape index (κ2) is 6.81. The molecule has 1 atom stereocenters. The molecule has 1 aliphatic heterocycles. The first-order valence-corrected chi connectivity index (χ1v) is 7.83. The summed E-state index contributed by atoms with van der Waals surface area (Å²) in [4.78, 5) is 14.5. The van der Waals surface area contributed by atoms with E-state index in [9.17, 15) is 9.18 Å². The molecule has 2 heterocycles. The first-order chi connectivity index (χ1) is 11.2. The molecule has 1 unspecified atom stereocenters. The van der Waals surface area contributed by atoms with Crippen molar-refractivity contribution in [3.05, 3.63) is 47.4 Å². The number of nitrogens with zero attached hydrogens (tertiary/aromatic N) is 2. The summed E-state index contributed by atoms with van der Waals surface area (Å²) in [5.74, 6) is 0.0616. The Labute approximate surface area is 134 Å². The Kier molecular flexibility index (Phi) is 4.60. The number of carbonyl (C=O) groups is 1. The van der Waals surface area contributed by atoms with E-state index in [1.54, 1.807) is 18.2 Å². The van der Waals surface area contributed by atoms with Gasteiger partial charge in [-0.3, -0.25) is 9.89 Å². The van der Waals surface area contributed by atoms with Gasteiger partial charge >= 0.3 is 0 Å². The summed E-state index contributed by atoms with van der Waals surface area (Å²) in [5, 5.41) is 6.63. The molecule has 6 heteroatoms. The average molecular weight is 317 g/mol. The Morgan fingerprint density at radius 3 is 3.00 bits per heavy atom. The molecule has 0 saturated carbocycles. The van der Waals surface area contributed by atoms with Gasteiger partial charge in [0.05, 0.1) is 7.11 Å². The van der Waals surface area contributed by atoms with Gasteiger partial charge in [-0.1, -0.05) is 18.2 Å². The van der Waals surface area contributed by atoms with E-state index in [0.29, 0.717) is 30.1 Å². The molecular formula is C17H20FN3O2. The van der Waals surface area contributed by atoms with Crippen molar-refractivity contribution in [1.29, 1.82) is 0 Å². The second-order valence-electron chi connectivity index (χ2n) is 5.77. The molecule has 1 fully saturated rings. The molecule has 1 saturated heterocycles. The highest BCUT2D eigenvalue weighted by Crippen LogP contribution is 2.24. The molecule has 2 aromatic rings. The fraction of sp³-hybridized carbons (Fsp3) is 0.412. The summed E-state index contributed by atoms with van der Waals surface area (Å²) in [6.07, 6.45) is 3.43. The Balaban J connectivity index is 1.78. The highest BCUT2D eigenvalue weighted by Gasteiger charge is 2.29. The number of aromatic amines is 1. The van der Waals surface area contributed by atoms with Crippen molar-refractivity contribution in [2.75, 3.05) is 13.7 Å². The molecule has 1 aromatic heterocycles. The minimum atomic E-state index is -0.214. The fourth-order valence-electron chi connectivity index (χ4n) is 3.07. The van der Waals surface area contributed by atoms with Crippen LogP contribution in [0.5, 0.6) is 5.88 Å². The Morgan fingerprint density at radius 1 is 1.43 bits per heavy atom. The standard InChI is InChI=1S/C17H20FN3O2/c1-23-16-11-15(19-20-16)17(22)21-9-5-4-7-13(21)10-12-6-2-3-8-14(12)18/h2-3,6,8,11,13H,4-5,7,9-10H2,1H3,(H,19,20). The lowest BCUT2D eigenvalue weighted by Gasteiger charge is -2.35. The molecule has 0 aliphatic carbocycles. The van der Waals surface area contributed by atoms with Gasteiger partial charge in [0.25, 0.3) is 5.91 Å². The van der Waals surface area contributed by atoms with Gasteiger partial charge in [0.15, 0.2) is 0 Å². The SMILES string of the molecule is COc1cc(C(=O)N2CCCCC2Cc2ccccc2F)[nH]n1. The fourth-order valence-corrected chi connectivity index (χ4v) is 3.07. The van der Waals surface area contributed by atoms with Crippen LogP contribution in [0, 0.1) is 5.82 Å². The zero-order chi connectivity index (χ0) is 16.2. The minimum Gasteiger partial charge on any atom is -0.480 e. The van der Waals surface area contributed by atoms with Crippen LogP contribution in [-0.4, -0.2) is 40.7 Å². The van der Waals surface area contributed by atoms with Crippen molar-refractivity contribution in [3.8, 4) is 5.88 Å². The number of H-pyrrole nitrogens is 1. The number of carbonyl (C=O) groups excluding carboxylic acids is 1. The average Bonchev–Trinajstić information content (AvgIpc) is 3.06. The number of piperidine rings is 1. The third-order valence-corrected chi connectivity index (χ3v) is 4.30. The third kappa shape index (κ3) is 3.36. The number of hydrogen-bond acceptors (Lipinski definition) is 3. The largest absolute Gasteiger partial charge is 0.480 e. The van der Waals surface area contributed by atoms with Gasteiger partial charge in [-0.2, -0.15) is 0 Å². The number of nitrogens with one attached hydrogen (secondary N) is 1. The Morgan fingerprint density at radius 2 is 2.26 bits per heavy atom. The number of rotatable bonds is 4. The quantitative estimate of drug-likeness (QED) is 0.943. The van der Waals surface area contributed by atoms with Crippen LogP contribution < -0.4 is 4.74 Å². The number of amides is 1. The highest BCUT2D eigenvalue weighted by molar-refractivity contribution is 5.92. The van der Waals surface area contributed by atoms with E-state index in [-0.39, 0.29) is 17.8 Å². The monoisotopic (exact) mass is 317 g/mol. The summed E-state index contributed by atoms with van der Waals surface area (Å²) in [5.41, 5.74) is 1.06. The van der Waals surface area contributed by atoms with E-state index in [4.69, 9.17) is 4.74 Å². The molecule has 1 aliphatic rings. The third-order valence-electron chi connectivity index (χ3n) is 4.30. The van der Waals surface area contributed by atoms with Crippen molar-refractivity contribution in [1.82, 2.24) is 15.1 Å². The maximum atomic E-state index is 13.9. The van der Waals surface area contributed by atoms with Crippen molar-refractivity contribution in [3.63, 3.8) is 0 Å². The molecule has 3 rings (SSSR count). The normalized spacial score (nSPS) is 18.0. The maximum absolute atomic E-state index is 13.9. The van der Waals surface area contributed by atoms with Crippen LogP contribution in [0.1, 0.15) is 35.3 Å². The van der Waals surface area contributed by atoms with Gasteiger partial charge in [0.1, 0.15) is 11.5 Å². The van der Waals surface area contributed by atoms with Gasteiger partial charge in [-0.15, -0.1) is 5.10 Å². The molecule has 1 N–H and O–H groups in total. The molecule has 23 heavy (non-hydrogen) atoms. The predicted molar refractivity (Wildman–Crippen MR) is 83.9 cm³/mol. The van der Waals surface area contributed by atoms with E-state index in [1.165, 1.54) is 13.2 Å². The van der Waals surface area contributed by atoms with Crippen LogP contribution in [0.2, 0.25) is 0 Å². The summed E-state index contributed by atoms with van der Waals surface area (Å²) in [6, 6.07) is 8.35. The lowest BCUT2D eigenvalue weighted by Crippen LogP contribution is -2.45. The van der Waals surface area contributed by atoms with E-state index in [2.05, 4.69) is 10.2 Å². The number of hydrogen-bond donors (Lipinski definition) is 1. The van der Waals surface area contributed by atoms with E-state index in [1.807, 2.05) is 11.0 Å². The lowest BCUT2D eigenvalue weighted by atomic mass is 9.95. The van der Waals surface area contributed by atoms with Crippen LogP contribution in [0.4, 0.5) is 4.39 Å². The first kappa shape index (κ1) is 15.5. The summed E-state index contributed by atoms with van der Waals surface area (Å²) < 4.78 is 18.9. The summed E-state index contributed by atoms with van der Waals surface area (Å²) in [7, 11) is 1.51. The minimum absolute atomic E-state index is 0.00226. The molecule has 1 aromatic carbocycles. The van der Waals surface area contributed by atoms with Gasteiger partial charge in [0, 0.05) is 18.7 Å². The van der Waals surface area contributed by atoms with E-state index >= 15 is 0 Å². The number of benzene rings is 1. The van der Waals surface area contributed by atoms with Gasteiger partial charge in [-0.25, -0.2) is 4.39 Å². The predicted octanol–water partition coefficient (Wildman–Crippen LogP) is 2.79. The Bertz CT molecular complexity index is 686. The highest BCUT2D eigenvalue weighted by atomic mass is 19.1. The summed E-state index contributed by atoms with van der Waals surface area (Å²) in [6.45, 7) is 0.680. The van der Waals surface area contributed by atoms with Crippen LogP contribution in [0.15, 0.2) is 30.3 Å². The molecule has 122 valence electrons. The molecule has 5 nitrogen and oxygen atoms in total. The lowest BCUT2D eigenvalue weighted by molar-refractivity contribution is 0.0606. The number of likely N-dealkylation sites (tertiary alicyclic amines) is 1. The van der Waals surface area contributed by atoms with Gasteiger partial charge in [0.2, 0.25) is 5.88 Å². The topological polar surface area (TPSA) is 58.2 Å². The molecular weight excluding hydrogens is 297 g/mol. The smallest absolute Gasteiger partial charge is 0.272 e. The maximum Gasteiger partial charge on any atom is 0.272 e. The number of aromatic nitrogens is 2. The zero-order valence-electron chi connectivity index (χ0n) is 13.1. The molecule has 0 bridgehead atoms. The number of ether oxygens (including phenoxy) is 1. The van der Waals surface area contributed by atoms with Crippen molar-refractivity contribution < 1.29 is 13.9 Å². The van der Waals surface area contributed by atoms with E-state index in [0.717, 1.165) is 19.3 Å².